The third-order valence-electron chi connectivity index (χ3n) is 4.49. The lowest BCUT2D eigenvalue weighted by molar-refractivity contribution is 0.136. The highest BCUT2D eigenvalue weighted by molar-refractivity contribution is 7.08. The number of anilines is 1. The summed E-state index contributed by atoms with van der Waals surface area (Å²) >= 11 is 1.65. The Bertz CT molecular complexity index is 652. The largest absolute Gasteiger partial charge is 0.449 e. The van der Waals surface area contributed by atoms with Crippen LogP contribution in [0.4, 0.5) is 10.5 Å². The summed E-state index contributed by atoms with van der Waals surface area (Å²) in [5.41, 5.74) is 4.12. The molecule has 0 aliphatic heterocycles. The van der Waals surface area contributed by atoms with E-state index in [1.807, 2.05) is 17.5 Å². The minimum absolute atomic E-state index is 0.366. The van der Waals surface area contributed by atoms with E-state index in [0.29, 0.717) is 12.5 Å². The van der Waals surface area contributed by atoms with Gasteiger partial charge in [-0.05, 0) is 53.8 Å². The van der Waals surface area contributed by atoms with Gasteiger partial charge in [-0.3, -0.25) is 5.32 Å². The van der Waals surface area contributed by atoms with E-state index in [1.54, 1.807) is 11.3 Å². The first kappa shape index (κ1) is 19.5. The van der Waals surface area contributed by atoms with Crippen molar-refractivity contribution in [1.82, 2.24) is 0 Å². The molecule has 0 saturated heterocycles. The summed E-state index contributed by atoms with van der Waals surface area (Å²) < 4.78 is 5.48. The molecule has 2 rings (SSSR count). The number of amides is 1. The Morgan fingerprint density at radius 1 is 1.24 bits per heavy atom. The summed E-state index contributed by atoms with van der Waals surface area (Å²) in [5.74, 6) is 0.451. The molecule has 1 aromatic carbocycles. The maximum Gasteiger partial charge on any atom is 0.411 e. The second-order valence-electron chi connectivity index (χ2n) is 6.55. The normalized spacial score (nSPS) is 12.0. The van der Waals surface area contributed by atoms with Gasteiger partial charge in [0, 0.05) is 5.56 Å². The van der Waals surface area contributed by atoms with Crippen molar-refractivity contribution in [3.8, 4) is 11.1 Å². The van der Waals surface area contributed by atoms with Gasteiger partial charge < -0.3 is 4.74 Å². The standard InChI is InChI=1S/C21H29NO2S/c1-4-6-7-8-17(5-2)14-24-21(23)22-20-10-9-16(3)13-19(20)18-11-12-25-15-18/h9-13,15,17H,4-8,14H2,1-3H3,(H,22,23). The lowest BCUT2D eigenvalue weighted by Gasteiger charge is -2.16. The number of nitrogens with one attached hydrogen (secondary N) is 1. The van der Waals surface area contributed by atoms with Crippen LogP contribution in [0.5, 0.6) is 0 Å². The van der Waals surface area contributed by atoms with E-state index in [4.69, 9.17) is 4.74 Å². The average molecular weight is 360 g/mol. The minimum Gasteiger partial charge on any atom is -0.449 e. The van der Waals surface area contributed by atoms with Crippen molar-refractivity contribution < 1.29 is 9.53 Å². The van der Waals surface area contributed by atoms with Crippen LogP contribution < -0.4 is 5.32 Å². The van der Waals surface area contributed by atoms with Crippen molar-refractivity contribution in [2.45, 2.75) is 52.9 Å². The Morgan fingerprint density at radius 2 is 2.08 bits per heavy atom. The van der Waals surface area contributed by atoms with E-state index in [0.717, 1.165) is 29.7 Å². The number of rotatable bonds is 9. The SMILES string of the molecule is CCCCCC(CC)COC(=O)Nc1ccc(C)cc1-c1ccsc1. The first-order valence-electron chi connectivity index (χ1n) is 9.21. The highest BCUT2D eigenvalue weighted by Crippen LogP contribution is 2.30. The molecule has 0 radical (unpaired) electrons. The van der Waals surface area contributed by atoms with Crippen LogP contribution in [0.2, 0.25) is 0 Å². The molecule has 0 aliphatic carbocycles. The van der Waals surface area contributed by atoms with Crippen molar-refractivity contribution in [2.75, 3.05) is 11.9 Å². The third-order valence-corrected chi connectivity index (χ3v) is 5.17. The molecule has 1 heterocycles. The smallest absolute Gasteiger partial charge is 0.411 e. The van der Waals surface area contributed by atoms with Gasteiger partial charge in [-0.1, -0.05) is 51.2 Å². The van der Waals surface area contributed by atoms with E-state index in [1.165, 1.54) is 24.8 Å². The van der Waals surface area contributed by atoms with Gasteiger partial charge in [0.1, 0.15) is 0 Å². The molecule has 2 aromatic rings. The number of ether oxygens (including phenoxy) is 1. The highest BCUT2D eigenvalue weighted by Gasteiger charge is 2.13. The maximum absolute atomic E-state index is 12.2. The van der Waals surface area contributed by atoms with Crippen LogP contribution in [-0.4, -0.2) is 12.7 Å². The number of unbranched alkanes of at least 4 members (excludes halogenated alkanes) is 2. The maximum atomic E-state index is 12.2. The molecule has 1 amide bonds. The number of carbonyl (C=O) groups is 1. The fraction of sp³-hybridized carbons (Fsp3) is 0.476. The predicted octanol–water partition coefficient (Wildman–Crippen LogP) is 6.88. The molecule has 1 aromatic heterocycles. The lowest BCUT2D eigenvalue weighted by Crippen LogP contribution is -2.19. The van der Waals surface area contributed by atoms with E-state index in [2.05, 4.69) is 43.6 Å². The van der Waals surface area contributed by atoms with E-state index >= 15 is 0 Å². The Morgan fingerprint density at radius 3 is 2.76 bits per heavy atom. The van der Waals surface area contributed by atoms with Crippen molar-refractivity contribution in [3.63, 3.8) is 0 Å². The summed E-state index contributed by atoms with van der Waals surface area (Å²) in [4.78, 5) is 12.2. The Hall–Kier alpha value is -1.81. The first-order valence-corrected chi connectivity index (χ1v) is 10.1. The molecule has 136 valence electrons. The molecule has 3 nitrogen and oxygen atoms in total. The van der Waals surface area contributed by atoms with Gasteiger partial charge in [-0.15, -0.1) is 0 Å². The molecule has 0 fully saturated rings. The van der Waals surface area contributed by atoms with Crippen molar-refractivity contribution in [1.29, 1.82) is 0 Å². The summed E-state index contributed by atoms with van der Waals surface area (Å²) in [6, 6.07) is 8.11. The number of thiophene rings is 1. The van der Waals surface area contributed by atoms with Crippen LogP contribution in [0.3, 0.4) is 0 Å². The van der Waals surface area contributed by atoms with Crippen molar-refractivity contribution in [2.24, 2.45) is 5.92 Å². The van der Waals surface area contributed by atoms with Crippen molar-refractivity contribution in [3.05, 3.63) is 40.6 Å². The van der Waals surface area contributed by atoms with Gasteiger partial charge in [-0.2, -0.15) is 11.3 Å². The average Bonchev–Trinajstić information content (AvgIpc) is 3.14. The van der Waals surface area contributed by atoms with Crippen LogP contribution in [-0.2, 0) is 4.74 Å². The fourth-order valence-corrected chi connectivity index (χ4v) is 3.51. The Labute approximate surface area is 155 Å². The Balaban J connectivity index is 1.94. The summed E-state index contributed by atoms with van der Waals surface area (Å²) in [6.07, 6.45) is 5.48. The second kappa shape index (κ2) is 10.2. The van der Waals surface area contributed by atoms with Crippen LogP contribution in [0, 0.1) is 12.8 Å². The molecule has 1 unspecified atom stereocenters. The molecule has 0 aliphatic rings. The second-order valence-corrected chi connectivity index (χ2v) is 7.33. The predicted molar refractivity (Wildman–Crippen MR) is 107 cm³/mol. The first-order chi connectivity index (χ1) is 12.1. The molecule has 1 atom stereocenters. The van der Waals surface area contributed by atoms with E-state index < -0.39 is 0 Å². The van der Waals surface area contributed by atoms with Crippen LogP contribution >= 0.6 is 11.3 Å². The van der Waals surface area contributed by atoms with Gasteiger partial charge in [0.25, 0.3) is 0 Å². The van der Waals surface area contributed by atoms with E-state index in [9.17, 15) is 4.79 Å². The van der Waals surface area contributed by atoms with Crippen LogP contribution in [0.15, 0.2) is 35.0 Å². The number of aryl methyl sites for hydroxylation is 1. The van der Waals surface area contributed by atoms with Crippen molar-refractivity contribution >= 4 is 23.1 Å². The molecule has 0 spiro atoms. The minimum atomic E-state index is -0.366. The molecule has 1 N–H and O–H groups in total. The molecule has 25 heavy (non-hydrogen) atoms. The quantitative estimate of drug-likeness (QED) is 0.496. The monoisotopic (exact) mass is 359 g/mol. The van der Waals surface area contributed by atoms with Gasteiger partial charge in [0.05, 0.1) is 12.3 Å². The van der Waals surface area contributed by atoms with Gasteiger partial charge >= 0.3 is 6.09 Å². The molecular weight excluding hydrogens is 330 g/mol. The Kier molecular flexibility index (Phi) is 7.99. The number of hydrogen-bond donors (Lipinski definition) is 1. The zero-order valence-electron chi connectivity index (χ0n) is 15.5. The van der Waals surface area contributed by atoms with Gasteiger partial charge in [0.15, 0.2) is 0 Å². The number of benzene rings is 1. The molecule has 0 bridgehead atoms. The highest BCUT2D eigenvalue weighted by atomic mass is 32.1. The van der Waals surface area contributed by atoms with Gasteiger partial charge in [-0.25, -0.2) is 4.79 Å². The molecular formula is C21H29NO2S. The molecule has 0 saturated carbocycles. The molecule has 4 heteroatoms. The number of carbonyl (C=O) groups excluding carboxylic acids is 1. The van der Waals surface area contributed by atoms with Crippen LogP contribution in [0.25, 0.3) is 11.1 Å². The van der Waals surface area contributed by atoms with E-state index in [-0.39, 0.29) is 6.09 Å². The summed E-state index contributed by atoms with van der Waals surface area (Å²) in [6.45, 7) is 6.91. The third kappa shape index (κ3) is 6.20. The zero-order valence-corrected chi connectivity index (χ0v) is 16.3. The topological polar surface area (TPSA) is 38.3 Å². The fourth-order valence-electron chi connectivity index (χ4n) is 2.85. The summed E-state index contributed by atoms with van der Waals surface area (Å²) in [5, 5.41) is 7.05. The summed E-state index contributed by atoms with van der Waals surface area (Å²) in [7, 11) is 0. The van der Waals surface area contributed by atoms with Gasteiger partial charge in [0.2, 0.25) is 0 Å². The van der Waals surface area contributed by atoms with Crippen LogP contribution in [0.1, 0.15) is 51.5 Å². The zero-order chi connectivity index (χ0) is 18.1. The number of hydrogen-bond acceptors (Lipinski definition) is 3. The lowest BCUT2D eigenvalue weighted by atomic mass is 10.00.